The van der Waals surface area contributed by atoms with E-state index in [9.17, 15) is 9.59 Å². The molecule has 6 N–H and O–H groups in total. The van der Waals surface area contributed by atoms with E-state index in [0.717, 1.165) is 105 Å². The van der Waals surface area contributed by atoms with Crippen LogP contribution in [0.3, 0.4) is 0 Å². The van der Waals surface area contributed by atoms with Crippen molar-refractivity contribution in [2.45, 2.75) is 87.5 Å². The van der Waals surface area contributed by atoms with Gasteiger partial charge in [0.2, 0.25) is 0 Å². The molecule has 4 fully saturated rings. The van der Waals surface area contributed by atoms with E-state index in [-0.39, 0.29) is 35.1 Å². The molecule has 2 atom stereocenters. The standard InChI is InChI=1S/C27H29ClN4O5.C27H29ClN4O4/c1-34-25-18(28)4-2-5-19(25)30-24-22-20(12-27(7-3-8-27)32-26(22)33)31-23(24)17-6-9-29-13-21(17)37-15-16-14-35-10-11-36-16;1-34-25-18(28)6-2-7-19(25)30-24-22-20(13-27(9-4-10-27)32-26(22)33)31-23(24)17-8-11-29-14-21(17)36-15-16-5-3-12-35-16/h2,4-6,9,13,16,30-31H,3,7-8,10-12,14-15H2,1H3,(H,32,33);2,6-8,11,14,16,30-31H,3-5,9-10,12-13,15H2,1H3,(H,32,33)/t2*16-/m10/s1. The largest absolute Gasteiger partial charge is 0.493 e. The topological polar surface area (TPSA) is 204 Å². The third-order valence-corrected chi connectivity index (χ3v) is 15.3. The first-order valence-corrected chi connectivity index (χ1v) is 25.7. The van der Waals surface area contributed by atoms with Gasteiger partial charge in [0.15, 0.2) is 11.5 Å². The van der Waals surface area contributed by atoms with Crippen LogP contribution in [0.4, 0.5) is 22.7 Å². The number of fused-ring (bicyclic) bond motifs is 2. The maximum atomic E-state index is 13.5. The second-order valence-corrected chi connectivity index (χ2v) is 20.3. The van der Waals surface area contributed by atoms with E-state index in [1.54, 1.807) is 51.1 Å². The minimum atomic E-state index is -0.173. The van der Waals surface area contributed by atoms with Crippen LogP contribution in [0.1, 0.15) is 83.5 Å². The molecule has 382 valence electrons. The summed E-state index contributed by atoms with van der Waals surface area (Å²) >= 11 is 12.8. The molecule has 17 nitrogen and oxygen atoms in total. The Morgan fingerprint density at radius 3 is 1.60 bits per heavy atom. The predicted molar refractivity (Wildman–Crippen MR) is 277 cm³/mol. The number of benzene rings is 2. The maximum Gasteiger partial charge on any atom is 0.255 e. The summed E-state index contributed by atoms with van der Waals surface area (Å²) in [7, 11) is 3.14. The average Bonchev–Trinajstić information content (AvgIpc) is 4.13. The summed E-state index contributed by atoms with van der Waals surface area (Å²) in [6, 6.07) is 14.7. The second-order valence-electron chi connectivity index (χ2n) is 19.4. The van der Waals surface area contributed by atoms with Gasteiger partial charge >= 0.3 is 0 Å². The Hall–Kier alpha value is -6.50. The third kappa shape index (κ3) is 9.76. The van der Waals surface area contributed by atoms with Gasteiger partial charge in [0, 0.05) is 65.4 Å². The monoisotopic (exact) mass is 1030 g/mol. The molecule has 12 rings (SSSR count). The molecule has 2 aromatic carbocycles. The number of amides is 2. The Morgan fingerprint density at radius 1 is 0.658 bits per heavy atom. The summed E-state index contributed by atoms with van der Waals surface area (Å²) in [5.41, 5.74) is 8.37. The molecule has 8 heterocycles. The Bertz CT molecular complexity index is 3010. The summed E-state index contributed by atoms with van der Waals surface area (Å²) in [5, 5.41) is 14.4. The van der Waals surface area contributed by atoms with Crippen LogP contribution in [0.15, 0.2) is 73.3 Å². The Morgan fingerprint density at radius 2 is 1.16 bits per heavy atom. The van der Waals surface area contributed by atoms with E-state index in [1.165, 1.54) is 0 Å². The normalized spacial score (nSPS) is 20.0. The quantitative estimate of drug-likeness (QED) is 0.0602. The second kappa shape index (κ2) is 20.8. The molecule has 0 unspecified atom stereocenters. The molecule has 73 heavy (non-hydrogen) atoms. The molecule has 0 bridgehead atoms. The number of anilines is 4. The number of nitrogens with one attached hydrogen (secondary N) is 6. The number of nitrogens with zero attached hydrogens (tertiary/aromatic N) is 2. The summed E-state index contributed by atoms with van der Waals surface area (Å²) in [6.45, 7) is 3.17. The summed E-state index contributed by atoms with van der Waals surface area (Å²) in [5.74, 6) is 2.03. The number of ether oxygens (including phenoxy) is 7. The van der Waals surface area contributed by atoms with Gasteiger partial charge in [-0.05, 0) is 87.8 Å². The number of methoxy groups -OCH3 is 2. The van der Waals surface area contributed by atoms with Gasteiger partial charge in [-0.15, -0.1) is 0 Å². The molecular formula is C54H58Cl2N8O9. The van der Waals surface area contributed by atoms with Crippen LogP contribution in [0.25, 0.3) is 22.5 Å². The van der Waals surface area contributed by atoms with Crippen molar-refractivity contribution >= 4 is 57.8 Å². The van der Waals surface area contributed by atoms with Gasteiger partial charge in [-0.2, -0.15) is 0 Å². The minimum absolute atomic E-state index is 0.0764. The lowest BCUT2D eigenvalue weighted by atomic mass is 9.71. The number of H-pyrrole nitrogens is 2. The lowest BCUT2D eigenvalue weighted by Crippen LogP contribution is -2.57. The van der Waals surface area contributed by atoms with Gasteiger partial charge in [0.1, 0.15) is 30.8 Å². The van der Waals surface area contributed by atoms with Crippen LogP contribution in [-0.4, -0.2) is 109 Å². The van der Waals surface area contributed by atoms with Crippen LogP contribution in [0.2, 0.25) is 10.0 Å². The number of halogens is 2. The van der Waals surface area contributed by atoms with Crippen molar-refractivity contribution in [3.05, 3.63) is 106 Å². The van der Waals surface area contributed by atoms with Gasteiger partial charge in [0.25, 0.3) is 11.8 Å². The lowest BCUT2D eigenvalue weighted by molar-refractivity contribution is -0.101. The average molecular weight is 1030 g/mol. The molecule has 4 aromatic heterocycles. The fraction of sp³-hybridized carbons (Fsp3) is 0.407. The zero-order valence-electron chi connectivity index (χ0n) is 40.7. The maximum absolute atomic E-state index is 13.5. The van der Waals surface area contributed by atoms with E-state index in [4.69, 9.17) is 56.4 Å². The SMILES string of the molecule is COc1c(Cl)cccc1Nc1c(-c2ccncc2OC[C@@H]2CCCO2)[nH]c2c1C(=O)NC1(CCC1)C2.COc1c(Cl)cccc1Nc1c(-c2ccncc2OC[C@H]2COCCO2)[nH]c2c1C(=O)NC1(CCC1)C2. The van der Waals surface area contributed by atoms with Gasteiger partial charge < -0.3 is 64.4 Å². The summed E-state index contributed by atoms with van der Waals surface area (Å²) in [6.07, 6.45) is 16.4. The van der Waals surface area contributed by atoms with E-state index >= 15 is 0 Å². The van der Waals surface area contributed by atoms with Crippen molar-refractivity contribution in [1.29, 1.82) is 0 Å². The van der Waals surface area contributed by atoms with Gasteiger partial charge in [0.05, 0.1) is 108 Å². The first kappa shape index (κ1) is 48.8. The third-order valence-electron chi connectivity index (χ3n) is 14.7. The summed E-state index contributed by atoms with van der Waals surface area (Å²) < 4.78 is 40.5. The van der Waals surface area contributed by atoms with E-state index in [2.05, 4.69) is 41.2 Å². The van der Waals surface area contributed by atoms with Crippen LogP contribution in [0.5, 0.6) is 23.0 Å². The highest BCUT2D eigenvalue weighted by Gasteiger charge is 2.46. The molecular weight excluding hydrogens is 976 g/mol. The number of para-hydroxylation sites is 2. The first-order valence-electron chi connectivity index (χ1n) is 24.9. The minimum Gasteiger partial charge on any atom is -0.493 e. The van der Waals surface area contributed by atoms with Crippen LogP contribution < -0.4 is 40.2 Å². The van der Waals surface area contributed by atoms with E-state index in [0.29, 0.717) is 100.0 Å². The number of aromatic nitrogens is 4. The lowest BCUT2D eigenvalue weighted by Gasteiger charge is -2.45. The Labute approximate surface area is 432 Å². The smallest absolute Gasteiger partial charge is 0.255 e. The van der Waals surface area contributed by atoms with Crippen molar-refractivity contribution in [3.8, 4) is 45.5 Å². The zero-order valence-corrected chi connectivity index (χ0v) is 42.2. The molecule has 2 amide bonds. The molecule has 0 radical (unpaired) electrons. The zero-order chi connectivity index (χ0) is 50.1. The van der Waals surface area contributed by atoms with Crippen molar-refractivity contribution in [3.63, 3.8) is 0 Å². The van der Waals surface area contributed by atoms with Crippen LogP contribution >= 0.6 is 23.2 Å². The van der Waals surface area contributed by atoms with Crippen LogP contribution in [0, 0.1) is 0 Å². The summed E-state index contributed by atoms with van der Waals surface area (Å²) in [4.78, 5) is 42.7. The number of rotatable bonds is 14. The fourth-order valence-electron chi connectivity index (χ4n) is 10.8. The molecule has 2 saturated carbocycles. The van der Waals surface area contributed by atoms with Crippen LogP contribution in [-0.2, 0) is 27.1 Å². The molecule has 2 spiro atoms. The Balaban J connectivity index is 0.000000157. The van der Waals surface area contributed by atoms with Gasteiger partial charge in [-0.1, -0.05) is 35.3 Å². The number of carbonyl (C=O) groups is 2. The number of hydrogen-bond donors (Lipinski definition) is 6. The molecule has 2 aliphatic carbocycles. The van der Waals surface area contributed by atoms with E-state index < -0.39 is 0 Å². The van der Waals surface area contributed by atoms with Gasteiger partial charge in [-0.25, -0.2) is 0 Å². The van der Waals surface area contributed by atoms with Gasteiger partial charge in [-0.3, -0.25) is 19.6 Å². The highest BCUT2D eigenvalue weighted by Crippen LogP contribution is 2.49. The van der Waals surface area contributed by atoms with Crippen molar-refractivity contribution < 1.29 is 42.7 Å². The number of hydrogen-bond acceptors (Lipinski definition) is 13. The predicted octanol–water partition coefficient (Wildman–Crippen LogP) is 9.73. The van der Waals surface area contributed by atoms with Crippen molar-refractivity contribution in [2.24, 2.45) is 0 Å². The molecule has 6 aromatic rings. The highest BCUT2D eigenvalue weighted by atomic mass is 35.5. The van der Waals surface area contributed by atoms with Crippen molar-refractivity contribution in [1.82, 2.24) is 30.6 Å². The first-order chi connectivity index (χ1) is 35.6. The van der Waals surface area contributed by atoms with Crippen molar-refractivity contribution in [2.75, 3.05) is 64.5 Å². The molecule has 2 saturated heterocycles. The fourth-order valence-corrected chi connectivity index (χ4v) is 11.3. The number of aromatic amines is 2. The number of pyridine rings is 2. The molecule has 19 heteroatoms. The molecule has 4 aliphatic heterocycles. The van der Waals surface area contributed by atoms with E-state index in [1.807, 2.05) is 36.4 Å². The Kier molecular flexibility index (Phi) is 13.9. The number of carbonyl (C=O) groups excluding carboxylic acids is 2. The highest BCUT2D eigenvalue weighted by molar-refractivity contribution is 6.33. The molecule has 6 aliphatic rings.